The number of hydrogen-bond donors (Lipinski definition) is 1. The largest absolute Gasteiger partial charge is 0.390 e. The van der Waals surface area contributed by atoms with Gasteiger partial charge < -0.3 is 5.11 Å². The van der Waals surface area contributed by atoms with Gasteiger partial charge in [-0.15, -0.1) is 0 Å². The van der Waals surface area contributed by atoms with Crippen molar-refractivity contribution in [3.63, 3.8) is 0 Å². The maximum absolute atomic E-state index is 10.7. The Labute approximate surface area is 114 Å². The van der Waals surface area contributed by atoms with Gasteiger partial charge in [0.2, 0.25) is 0 Å². The Morgan fingerprint density at radius 2 is 1.72 bits per heavy atom. The van der Waals surface area contributed by atoms with E-state index < -0.39 is 0 Å². The molecule has 0 aromatic rings. The summed E-state index contributed by atoms with van der Waals surface area (Å²) in [7, 11) is 0. The van der Waals surface area contributed by atoms with Crippen LogP contribution in [-0.2, 0) is 0 Å². The van der Waals surface area contributed by atoms with Crippen LogP contribution in [0, 0.1) is 5.92 Å². The Kier molecular flexibility index (Phi) is 7.97. The van der Waals surface area contributed by atoms with Crippen LogP contribution >= 0.6 is 0 Å². The van der Waals surface area contributed by atoms with Crippen LogP contribution < -0.4 is 0 Å². The Balaban J connectivity index is 2.21. The van der Waals surface area contributed by atoms with Crippen molar-refractivity contribution < 1.29 is 5.11 Å². The van der Waals surface area contributed by atoms with Crippen LogP contribution in [0.2, 0.25) is 0 Å². The SMILES string of the molecule is CCCCCCCC1(O)CCCC(CCC)CC1. The lowest BCUT2D eigenvalue weighted by Crippen LogP contribution is -2.27. The molecule has 0 saturated heterocycles. The second-order valence-electron chi connectivity index (χ2n) is 6.47. The molecule has 0 radical (unpaired) electrons. The molecule has 1 heteroatoms. The van der Waals surface area contributed by atoms with Crippen molar-refractivity contribution in [2.75, 3.05) is 0 Å². The normalized spacial score (nSPS) is 29.2. The van der Waals surface area contributed by atoms with Crippen molar-refractivity contribution in [2.24, 2.45) is 5.92 Å². The van der Waals surface area contributed by atoms with Crippen LogP contribution in [0.5, 0.6) is 0 Å². The molecule has 0 aliphatic heterocycles. The quantitative estimate of drug-likeness (QED) is 0.450. The van der Waals surface area contributed by atoms with E-state index in [1.54, 1.807) is 0 Å². The molecule has 1 N–H and O–H groups in total. The van der Waals surface area contributed by atoms with Crippen molar-refractivity contribution in [2.45, 2.75) is 103 Å². The van der Waals surface area contributed by atoms with Crippen LogP contribution in [0.25, 0.3) is 0 Å². The molecule has 2 atom stereocenters. The van der Waals surface area contributed by atoms with Crippen LogP contribution in [0.15, 0.2) is 0 Å². The molecular formula is C17H34O. The molecule has 0 spiro atoms. The second-order valence-corrected chi connectivity index (χ2v) is 6.47. The standard InChI is InChI=1S/C17H34O/c1-3-5-6-7-8-13-17(18)14-9-11-16(10-4-2)12-15-17/h16,18H,3-15H2,1-2H3. The van der Waals surface area contributed by atoms with E-state index in [0.29, 0.717) is 0 Å². The van der Waals surface area contributed by atoms with Gasteiger partial charge in [-0.1, -0.05) is 71.6 Å². The Morgan fingerprint density at radius 1 is 0.944 bits per heavy atom. The van der Waals surface area contributed by atoms with Gasteiger partial charge in [0, 0.05) is 0 Å². The minimum absolute atomic E-state index is 0.311. The van der Waals surface area contributed by atoms with Gasteiger partial charge in [0.25, 0.3) is 0 Å². The van der Waals surface area contributed by atoms with E-state index >= 15 is 0 Å². The van der Waals surface area contributed by atoms with Crippen LogP contribution in [-0.4, -0.2) is 10.7 Å². The molecule has 0 aromatic heterocycles. The summed E-state index contributed by atoms with van der Waals surface area (Å²) in [6, 6.07) is 0. The Morgan fingerprint density at radius 3 is 2.44 bits per heavy atom. The van der Waals surface area contributed by atoms with E-state index in [-0.39, 0.29) is 5.60 Å². The number of rotatable bonds is 8. The molecule has 0 bridgehead atoms. The zero-order valence-corrected chi connectivity index (χ0v) is 12.7. The predicted octanol–water partition coefficient (Wildman–Crippen LogP) is 5.46. The lowest BCUT2D eigenvalue weighted by Gasteiger charge is -2.26. The zero-order valence-electron chi connectivity index (χ0n) is 12.7. The topological polar surface area (TPSA) is 20.2 Å². The third kappa shape index (κ3) is 6.22. The van der Waals surface area contributed by atoms with Crippen molar-refractivity contribution in [3.8, 4) is 0 Å². The van der Waals surface area contributed by atoms with Gasteiger partial charge in [0.1, 0.15) is 0 Å². The highest BCUT2D eigenvalue weighted by molar-refractivity contribution is 4.83. The van der Waals surface area contributed by atoms with E-state index in [0.717, 1.165) is 25.2 Å². The van der Waals surface area contributed by atoms with Gasteiger partial charge in [-0.2, -0.15) is 0 Å². The first-order chi connectivity index (χ1) is 8.70. The van der Waals surface area contributed by atoms with Crippen molar-refractivity contribution in [1.29, 1.82) is 0 Å². The monoisotopic (exact) mass is 254 g/mol. The fourth-order valence-corrected chi connectivity index (χ4v) is 3.47. The summed E-state index contributed by atoms with van der Waals surface area (Å²) in [5, 5.41) is 10.7. The van der Waals surface area contributed by atoms with Gasteiger partial charge in [-0.05, 0) is 31.6 Å². The molecular weight excluding hydrogens is 220 g/mol. The number of aliphatic hydroxyl groups is 1. The molecule has 1 aliphatic rings. The lowest BCUT2D eigenvalue weighted by atomic mass is 9.87. The molecule has 18 heavy (non-hydrogen) atoms. The summed E-state index contributed by atoms with van der Waals surface area (Å²) in [6.45, 7) is 4.54. The minimum atomic E-state index is -0.311. The lowest BCUT2D eigenvalue weighted by molar-refractivity contribution is 0.0129. The molecule has 0 aromatic carbocycles. The highest BCUT2D eigenvalue weighted by Gasteiger charge is 2.29. The molecule has 1 fully saturated rings. The molecule has 0 heterocycles. The fourth-order valence-electron chi connectivity index (χ4n) is 3.47. The van der Waals surface area contributed by atoms with Crippen molar-refractivity contribution >= 4 is 0 Å². The van der Waals surface area contributed by atoms with E-state index in [1.165, 1.54) is 64.2 Å². The predicted molar refractivity (Wildman–Crippen MR) is 79.8 cm³/mol. The van der Waals surface area contributed by atoms with Gasteiger partial charge >= 0.3 is 0 Å². The smallest absolute Gasteiger partial charge is 0.0648 e. The molecule has 1 rings (SSSR count). The van der Waals surface area contributed by atoms with Gasteiger partial charge in [-0.25, -0.2) is 0 Å². The third-order valence-corrected chi connectivity index (χ3v) is 4.72. The summed E-state index contributed by atoms with van der Waals surface area (Å²) in [6.07, 6.45) is 16.3. The molecule has 1 saturated carbocycles. The molecule has 1 nitrogen and oxygen atoms in total. The highest BCUT2D eigenvalue weighted by Crippen LogP contribution is 2.35. The summed E-state index contributed by atoms with van der Waals surface area (Å²) in [5.41, 5.74) is -0.311. The summed E-state index contributed by atoms with van der Waals surface area (Å²) < 4.78 is 0. The van der Waals surface area contributed by atoms with E-state index in [9.17, 15) is 5.11 Å². The average molecular weight is 254 g/mol. The number of unbranched alkanes of at least 4 members (excludes halogenated alkanes) is 4. The van der Waals surface area contributed by atoms with Crippen LogP contribution in [0.1, 0.15) is 97.3 Å². The van der Waals surface area contributed by atoms with Crippen LogP contribution in [0.3, 0.4) is 0 Å². The zero-order chi connectivity index (χ0) is 13.3. The first kappa shape index (κ1) is 16.0. The second kappa shape index (κ2) is 8.96. The molecule has 0 amide bonds. The summed E-state index contributed by atoms with van der Waals surface area (Å²) >= 11 is 0. The van der Waals surface area contributed by atoms with Gasteiger partial charge in [0.15, 0.2) is 0 Å². The summed E-state index contributed by atoms with van der Waals surface area (Å²) in [5.74, 6) is 0.893. The highest BCUT2D eigenvalue weighted by atomic mass is 16.3. The number of hydrogen-bond acceptors (Lipinski definition) is 1. The molecule has 1 aliphatic carbocycles. The molecule has 2 unspecified atom stereocenters. The Hall–Kier alpha value is -0.0400. The molecule has 108 valence electrons. The van der Waals surface area contributed by atoms with E-state index in [1.807, 2.05) is 0 Å². The third-order valence-electron chi connectivity index (χ3n) is 4.72. The van der Waals surface area contributed by atoms with Gasteiger partial charge in [-0.3, -0.25) is 0 Å². The van der Waals surface area contributed by atoms with Crippen LogP contribution in [0.4, 0.5) is 0 Å². The minimum Gasteiger partial charge on any atom is -0.390 e. The first-order valence-electron chi connectivity index (χ1n) is 8.42. The van der Waals surface area contributed by atoms with E-state index in [4.69, 9.17) is 0 Å². The summed E-state index contributed by atoms with van der Waals surface area (Å²) in [4.78, 5) is 0. The average Bonchev–Trinajstić information content (AvgIpc) is 2.53. The Bertz CT molecular complexity index is 202. The van der Waals surface area contributed by atoms with E-state index in [2.05, 4.69) is 13.8 Å². The maximum atomic E-state index is 10.7. The van der Waals surface area contributed by atoms with Gasteiger partial charge in [0.05, 0.1) is 5.60 Å². The maximum Gasteiger partial charge on any atom is 0.0648 e. The fraction of sp³-hybridized carbons (Fsp3) is 1.00. The van der Waals surface area contributed by atoms with Crippen molar-refractivity contribution in [3.05, 3.63) is 0 Å². The first-order valence-corrected chi connectivity index (χ1v) is 8.42. The van der Waals surface area contributed by atoms with Crippen molar-refractivity contribution in [1.82, 2.24) is 0 Å².